The van der Waals surface area contributed by atoms with E-state index in [4.69, 9.17) is 0 Å². The van der Waals surface area contributed by atoms with Gasteiger partial charge in [-0.05, 0) is 24.5 Å². The molecule has 1 aromatic carbocycles. The Hall–Kier alpha value is -2.15. The first-order valence-corrected chi connectivity index (χ1v) is 8.44. The van der Waals surface area contributed by atoms with Crippen molar-refractivity contribution in [3.63, 3.8) is 0 Å². The van der Waals surface area contributed by atoms with E-state index in [1.54, 1.807) is 12.1 Å². The van der Waals surface area contributed by atoms with Crippen LogP contribution in [0.25, 0.3) is 0 Å². The number of piperazine rings is 1. The third-order valence-electron chi connectivity index (χ3n) is 4.21. The Morgan fingerprint density at radius 1 is 1.21 bits per heavy atom. The van der Waals surface area contributed by atoms with Crippen molar-refractivity contribution in [2.75, 3.05) is 44.2 Å². The molecule has 2 rings (SSSR count). The highest BCUT2D eigenvalue weighted by atomic mass is 16.6. The molecule has 0 aromatic heterocycles. The Kier molecular flexibility index (Phi) is 6.54. The summed E-state index contributed by atoms with van der Waals surface area (Å²) in [6.07, 6.45) is 1.000. The van der Waals surface area contributed by atoms with Gasteiger partial charge in [0.1, 0.15) is 0 Å². The van der Waals surface area contributed by atoms with Crippen LogP contribution in [0, 0.1) is 16.0 Å². The van der Waals surface area contributed by atoms with Crippen molar-refractivity contribution >= 4 is 17.3 Å². The maximum Gasteiger partial charge on any atom is 0.269 e. The van der Waals surface area contributed by atoms with Crippen LogP contribution in [0.3, 0.4) is 0 Å². The summed E-state index contributed by atoms with van der Waals surface area (Å²) in [5.41, 5.74) is 1.09. The lowest BCUT2D eigenvalue weighted by molar-refractivity contribution is -0.384. The molecular formula is C17H26N4O3. The van der Waals surface area contributed by atoms with Crippen LogP contribution in [0.15, 0.2) is 24.3 Å². The zero-order chi connectivity index (χ0) is 17.5. The van der Waals surface area contributed by atoms with Gasteiger partial charge < -0.3 is 10.2 Å². The highest BCUT2D eigenvalue weighted by Crippen LogP contribution is 2.20. The Labute approximate surface area is 142 Å². The minimum absolute atomic E-state index is 0.0828. The fourth-order valence-electron chi connectivity index (χ4n) is 2.71. The van der Waals surface area contributed by atoms with E-state index in [1.807, 2.05) is 0 Å². The smallest absolute Gasteiger partial charge is 0.269 e. The number of nitro benzene ring substituents is 1. The molecule has 0 bridgehead atoms. The average Bonchev–Trinajstić information content (AvgIpc) is 2.55. The quantitative estimate of drug-likeness (QED) is 0.608. The van der Waals surface area contributed by atoms with Crippen molar-refractivity contribution in [1.82, 2.24) is 10.2 Å². The minimum Gasteiger partial charge on any atom is -0.369 e. The number of non-ortho nitro benzene ring substituents is 1. The second-order valence-electron chi connectivity index (χ2n) is 6.57. The van der Waals surface area contributed by atoms with Crippen molar-refractivity contribution in [2.24, 2.45) is 5.92 Å². The van der Waals surface area contributed by atoms with Gasteiger partial charge in [0.15, 0.2) is 0 Å². The van der Waals surface area contributed by atoms with E-state index in [1.165, 1.54) is 12.1 Å². The van der Waals surface area contributed by atoms with Crippen molar-refractivity contribution in [1.29, 1.82) is 0 Å². The number of benzene rings is 1. The molecule has 1 aliphatic heterocycles. The van der Waals surface area contributed by atoms with E-state index in [0.29, 0.717) is 12.5 Å². The molecule has 1 saturated heterocycles. The summed E-state index contributed by atoms with van der Waals surface area (Å²) in [5.74, 6) is 0.676. The lowest BCUT2D eigenvalue weighted by Gasteiger charge is -2.35. The highest BCUT2D eigenvalue weighted by molar-refractivity contribution is 5.78. The van der Waals surface area contributed by atoms with E-state index >= 15 is 0 Å². The summed E-state index contributed by atoms with van der Waals surface area (Å²) in [6.45, 7) is 8.72. The monoisotopic (exact) mass is 334 g/mol. The van der Waals surface area contributed by atoms with Gasteiger partial charge in [-0.1, -0.05) is 13.8 Å². The summed E-state index contributed by atoms with van der Waals surface area (Å²) in [6, 6.07) is 6.63. The second kappa shape index (κ2) is 8.63. The number of nitro groups is 1. The van der Waals surface area contributed by atoms with Crippen LogP contribution in [-0.4, -0.2) is 55.0 Å². The molecule has 0 spiro atoms. The Balaban J connectivity index is 1.74. The molecular weight excluding hydrogens is 308 g/mol. The van der Waals surface area contributed by atoms with Gasteiger partial charge in [-0.2, -0.15) is 0 Å². The van der Waals surface area contributed by atoms with E-state index < -0.39 is 0 Å². The topological polar surface area (TPSA) is 78.7 Å². The summed E-state index contributed by atoms with van der Waals surface area (Å²) in [4.78, 5) is 26.6. The molecule has 7 heteroatoms. The molecule has 0 saturated carbocycles. The van der Waals surface area contributed by atoms with Crippen LogP contribution < -0.4 is 10.2 Å². The first-order valence-electron chi connectivity index (χ1n) is 8.44. The molecule has 1 aromatic rings. The third-order valence-corrected chi connectivity index (χ3v) is 4.21. The predicted octanol–water partition coefficient (Wildman–Crippen LogP) is 1.88. The van der Waals surface area contributed by atoms with E-state index in [0.717, 1.165) is 44.8 Å². The van der Waals surface area contributed by atoms with E-state index in [9.17, 15) is 14.9 Å². The van der Waals surface area contributed by atoms with Crippen LogP contribution in [0.4, 0.5) is 11.4 Å². The first-order chi connectivity index (χ1) is 11.5. The highest BCUT2D eigenvalue weighted by Gasteiger charge is 2.19. The van der Waals surface area contributed by atoms with Crippen molar-refractivity contribution < 1.29 is 9.72 Å². The standard InChI is InChI=1S/C17H26N4O3/c1-14(2)7-8-18-17(22)13-19-9-11-20(12-10-19)15-3-5-16(6-4-15)21(23)24/h3-6,14H,7-13H2,1-2H3,(H,18,22). The van der Waals surface area contributed by atoms with Gasteiger partial charge in [-0.15, -0.1) is 0 Å². The number of rotatable bonds is 7. The van der Waals surface area contributed by atoms with Gasteiger partial charge in [0.05, 0.1) is 11.5 Å². The SMILES string of the molecule is CC(C)CCNC(=O)CN1CCN(c2ccc([N+](=O)[O-])cc2)CC1. The zero-order valence-electron chi connectivity index (χ0n) is 14.4. The summed E-state index contributed by atoms with van der Waals surface area (Å²) >= 11 is 0. The number of anilines is 1. The van der Waals surface area contributed by atoms with Crippen molar-refractivity contribution in [2.45, 2.75) is 20.3 Å². The van der Waals surface area contributed by atoms with Gasteiger partial charge in [-0.3, -0.25) is 19.8 Å². The normalized spacial score (nSPS) is 15.5. The molecule has 132 valence electrons. The Morgan fingerprint density at radius 3 is 2.38 bits per heavy atom. The molecule has 1 aliphatic rings. The first kappa shape index (κ1) is 18.2. The van der Waals surface area contributed by atoms with Crippen molar-refractivity contribution in [3.8, 4) is 0 Å². The summed E-state index contributed by atoms with van der Waals surface area (Å²) in [7, 11) is 0. The third kappa shape index (κ3) is 5.49. The lowest BCUT2D eigenvalue weighted by atomic mass is 10.1. The molecule has 0 atom stereocenters. The molecule has 0 aliphatic carbocycles. The van der Waals surface area contributed by atoms with Crippen LogP contribution in [-0.2, 0) is 4.79 Å². The van der Waals surface area contributed by atoms with Crippen LogP contribution in [0.2, 0.25) is 0 Å². The number of nitrogens with one attached hydrogen (secondary N) is 1. The van der Waals surface area contributed by atoms with Gasteiger partial charge >= 0.3 is 0 Å². The summed E-state index contributed by atoms with van der Waals surface area (Å²) in [5, 5.41) is 13.7. The number of hydrogen-bond donors (Lipinski definition) is 1. The molecule has 0 radical (unpaired) electrons. The lowest BCUT2D eigenvalue weighted by Crippen LogP contribution is -2.49. The number of amides is 1. The average molecular weight is 334 g/mol. The molecule has 24 heavy (non-hydrogen) atoms. The van der Waals surface area contributed by atoms with Crippen LogP contribution in [0.5, 0.6) is 0 Å². The van der Waals surface area contributed by atoms with E-state index in [-0.39, 0.29) is 16.5 Å². The minimum atomic E-state index is -0.389. The molecule has 1 heterocycles. The second-order valence-corrected chi connectivity index (χ2v) is 6.57. The van der Waals surface area contributed by atoms with Gasteiger partial charge in [0.2, 0.25) is 5.91 Å². The summed E-state index contributed by atoms with van der Waals surface area (Å²) < 4.78 is 0. The molecule has 1 fully saturated rings. The Bertz CT molecular complexity index is 551. The van der Waals surface area contributed by atoms with E-state index in [2.05, 4.69) is 29.0 Å². The van der Waals surface area contributed by atoms with Gasteiger partial charge in [0, 0.05) is 50.5 Å². The molecule has 1 N–H and O–H groups in total. The molecule has 7 nitrogen and oxygen atoms in total. The van der Waals surface area contributed by atoms with Crippen LogP contribution in [0.1, 0.15) is 20.3 Å². The van der Waals surface area contributed by atoms with Crippen LogP contribution >= 0.6 is 0 Å². The molecule has 0 unspecified atom stereocenters. The maximum absolute atomic E-state index is 11.9. The zero-order valence-corrected chi connectivity index (χ0v) is 14.4. The van der Waals surface area contributed by atoms with Gasteiger partial charge in [-0.25, -0.2) is 0 Å². The predicted molar refractivity (Wildman–Crippen MR) is 94.2 cm³/mol. The number of nitrogens with zero attached hydrogens (tertiary/aromatic N) is 3. The Morgan fingerprint density at radius 2 is 1.83 bits per heavy atom. The maximum atomic E-state index is 11.9. The number of hydrogen-bond acceptors (Lipinski definition) is 5. The fraction of sp³-hybridized carbons (Fsp3) is 0.588. The fourth-order valence-corrected chi connectivity index (χ4v) is 2.71. The molecule has 1 amide bonds. The number of carbonyl (C=O) groups excluding carboxylic acids is 1. The van der Waals surface area contributed by atoms with Crippen molar-refractivity contribution in [3.05, 3.63) is 34.4 Å². The number of carbonyl (C=O) groups is 1. The van der Waals surface area contributed by atoms with Gasteiger partial charge in [0.25, 0.3) is 5.69 Å². The largest absolute Gasteiger partial charge is 0.369 e.